The van der Waals surface area contributed by atoms with Crippen LogP contribution < -0.4 is 0 Å². The molecule has 142 valence electrons. The second-order valence-corrected chi connectivity index (χ2v) is 8.31. The number of imidazole rings is 1. The summed E-state index contributed by atoms with van der Waals surface area (Å²) in [6.07, 6.45) is 3.36. The summed E-state index contributed by atoms with van der Waals surface area (Å²) in [5.41, 5.74) is 3.37. The van der Waals surface area contributed by atoms with Crippen LogP contribution in [0.4, 0.5) is 9.39 Å². The Labute approximate surface area is 171 Å². The Kier molecular flexibility index (Phi) is 4.18. The summed E-state index contributed by atoms with van der Waals surface area (Å²) in [6.45, 7) is 0. The van der Waals surface area contributed by atoms with Crippen molar-refractivity contribution in [2.45, 2.75) is 0 Å². The third kappa shape index (κ3) is 3.20. The molecule has 0 aliphatic rings. The molecular formula is C20H11FN4O2S2. The maximum Gasteiger partial charge on any atom is 0.324 e. The van der Waals surface area contributed by atoms with Gasteiger partial charge in [-0.1, -0.05) is 11.3 Å². The zero-order valence-corrected chi connectivity index (χ0v) is 16.3. The molecule has 0 spiro atoms. The van der Waals surface area contributed by atoms with Gasteiger partial charge in [-0.05, 0) is 48.5 Å². The van der Waals surface area contributed by atoms with Crippen LogP contribution in [0.5, 0.6) is 0 Å². The molecule has 2 aromatic carbocycles. The molecule has 0 radical (unpaired) electrons. The van der Waals surface area contributed by atoms with Gasteiger partial charge in [-0.3, -0.25) is 14.7 Å². The fraction of sp³-hybridized carbons (Fsp3) is 0. The highest BCUT2D eigenvalue weighted by molar-refractivity contribution is 7.21. The molecule has 0 amide bonds. The first-order valence-electron chi connectivity index (χ1n) is 8.52. The van der Waals surface area contributed by atoms with E-state index < -0.39 is 4.92 Å². The van der Waals surface area contributed by atoms with Gasteiger partial charge < -0.3 is 0 Å². The van der Waals surface area contributed by atoms with E-state index in [9.17, 15) is 14.5 Å². The normalized spacial score (nSPS) is 11.2. The number of benzene rings is 2. The zero-order valence-electron chi connectivity index (χ0n) is 14.7. The fourth-order valence-corrected chi connectivity index (χ4v) is 4.86. The van der Waals surface area contributed by atoms with Gasteiger partial charge in [0.25, 0.3) is 0 Å². The molecular weight excluding hydrogens is 411 g/mol. The number of halogens is 1. The number of hydrogen-bond donors (Lipinski definition) is 0. The Balaban J connectivity index is 1.49. The molecule has 0 N–H and O–H groups in total. The first kappa shape index (κ1) is 17.7. The number of nitro groups is 1. The predicted molar refractivity (Wildman–Crippen MR) is 112 cm³/mol. The van der Waals surface area contributed by atoms with Crippen LogP contribution in [0.1, 0.15) is 0 Å². The maximum atomic E-state index is 13.4. The van der Waals surface area contributed by atoms with Crippen LogP contribution in [0.15, 0.2) is 67.1 Å². The van der Waals surface area contributed by atoms with Crippen LogP contribution >= 0.6 is 22.7 Å². The summed E-state index contributed by atoms with van der Waals surface area (Å²) >= 11 is 2.55. The van der Waals surface area contributed by atoms with E-state index in [4.69, 9.17) is 0 Å². The van der Waals surface area contributed by atoms with Gasteiger partial charge in [-0.2, -0.15) is 0 Å². The topological polar surface area (TPSA) is 73.8 Å². The van der Waals surface area contributed by atoms with Gasteiger partial charge >= 0.3 is 5.00 Å². The average molecular weight is 422 g/mol. The summed E-state index contributed by atoms with van der Waals surface area (Å²) in [6, 6.07) is 15.6. The van der Waals surface area contributed by atoms with Gasteiger partial charge in [-0.25, -0.2) is 14.4 Å². The lowest BCUT2D eigenvalue weighted by Gasteiger charge is -2.07. The van der Waals surface area contributed by atoms with E-state index in [2.05, 4.69) is 9.97 Å². The molecule has 0 unspecified atom stereocenters. The predicted octanol–water partition coefficient (Wildman–Crippen LogP) is 5.92. The number of thiophene rings is 1. The Bertz CT molecular complexity index is 1350. The van der Waals surface area contributed by atoms with E-state index in [1.54, 1.807) is 24.7 Å². The van der Waals surface area contributed by atoms with Crippen LogP contribution in [0.2, 0.25) is 0 Å². The third-order valence-corrected chi connectivity index (χ3v) is 6.53. The van der Waals surface area contributed by atoms with Crippen molar-refractivity contribution in [1.29, 1.82) is 0 Å². The van der Waals surface area contributed by atoms with Crippen molar-refractivity contribution in [2.75, 3.05) is 0 Å². The highest BCUT2D eigenvalue weighted by Gasteiger charge is 2.15. The van der Waals surface area contributed by atoms with Gasteiger partial charge in [0, 0.05) is 17.3 Å². The second kappa shape index (κ2) is 6.87. The van der Waals surface area contributed by atoms with Crippen molar-refractivity contribution >= 4 is 37.9 Å². The van der Waals surface area contributed by atoms with Crippen molar-refractivity contribution < 1.29 is 9.31 Å². The minimum absolute atomic E-state index is 0.0929. The van der Waals surface area contributed by atoms with Crippen LogP contribution in [-0.4, -0.2) is 19.5 Å². The zero-order chi connectivity index (χ0) is 20.0. The molecule has 0 atom stereocenters. The molecule has 0 saturated heterocycles. The highest BCUT2D eigenvalue weighted by atomic mass is 32.1. The molecule has 0 aliphatic heterocycles. The fourth-order valence-electron chi connectivity index (χ4n) is 3.03. The molecule has 29 heavy (non-hydrogen) atoms. The average Bonchev–Trinajstić information content (AvgIpc) is 3.45. The highest BCUT2D eigenvalue weighted by Crippen LogP contribution is 2.35. The van der Waals surface area contributed by atoms with Crippen LogP contribution in [0.3, 0.4) is 0 Å². The number of aromatic nitrogens is 3. The summed E-state index contributed by atoms with van der Waals surface area (Å²) < 4.78 is 16.1. The summed E-state index contributed by atoms with van der Waals surface area (Å²) in [5, 5.41) is 11.9. The van der Waals surface area contributed by atoms with E-state index >= 15 is 0 Å². The van der Waals surface area contributed by atoms with Crippen molar-refractivity contribution in [2.24, 2.45) is 0 Å². The number of fused-ring (bicyclic) bond motifs is 1. The number of thiazole rings is 1. The molecule has 5 rings (SSSR count). The minimum atomic E-state index is -0.395. The van der Waals surface area contributed by atoms with E-state index in [0.29, 0.717) is 0 Å². The van der Waals surface area contributed by atoms with E-state index in [-0.39, 0.29) is 10.8 Å². The van der Waals surface area contributed by atoms with E-state index in [0.717, 1.165) is 48.4 Å². The molecule has 9 heteroatoms. The Hall–Kier alpha value is -3.43. The van der Waals surface area contributed by atoms with E-state index in [1.165, 1.54) is 29.5 Å². The Morgan fingerprint density at radius 2 is 1.86 bits per heavy atom. The third-order valence-electron chi connectivity index (χ3n) is 4.41. The Morgan fingerprint density at radius 1 is 1.03 bits per heavy atom. The van der Waals surface area contributed by atoms with Crippen molar-refractivity contribution in [1.82, 2.24) is 14.5 Å². The number of nitrogens with zero attached hydrogens (tertiary/aromatic N) is 4. The van der Waals surface area contributed by atoms with Gasteiger partial charge in [0.1, 0.15) is 10.8 Å². The molecule has 0 saturated carbocycles. The summed E-state index contributed by atoms with van der Waals surface area (Å²) in [4.78, 5) is 20.1. The van der Waals surface area contributed by atoms with Gasteiger partial charge in [0.15, 0.2) is 0 Å². The van der Waals surface area contributed by atoms with Gasteiger partial charge in [0.2, 0.25) is 0 Å². The van der Waals surface area contributed by atoms with Crippen molar-refractivity contribution in [3.63, 3.8) is 0 Å². The molecule has 5 aromatic rings. The maximum absolute atomic E-state index is 13.4. The first-order valence-corrected chi connectivity index (χ1v) is 10.2. The minimum Gasteiger partial charge on any atom is -0.298 e. The molecule has 0 aliphatic carbocycles. The van der Waals surface area contributed by atoms with Crippen molar-refractivity contribution in [3.8, 4) is 26.8 Å². The van der Waals surface area contributed by atoms with Crippen LogP contribution in [-0.2, 0) is 0 Å². The SMILES string of the molecule is O=[N+]([O-])c1ccc(-c2cncn2-c2ccc(-c3nc4ccc(F)cc4s3)cc2)s1. The second-order valence-electron chi connectivity index (χ2n) is 6.22. The lowest BCUT2D eigenvalue weighted by atomic mass is 10.2. The summed E-state index contributed by atoms with van der Waals surface area (Å²) in [7, 11) is 0. The largest absolute Gasteiger partial charge is 0.324 e. The van der Waals surface area contributed by atoms with E-state index in [1.807, 2.05) is 28.8 Å². The molecule has 0 bridgehead atoms. The van der Waals surface area contributed by atoms with Crippen LogP contribution in [0, 0.1) is 15.9 Å². The number of rotatable bonds is 4. The molecule has 6 nitrogen and oxygen atoms in total. The summed E-state index contributed by atoms with van der Waals surface area (Å²) in [5.74, 6) is -0.274. The number of hydrogen-bond acceptors (Lipinski definition) is 6. The molecule has 0 fully saturated rings. The van der Waals surface area contributed by atoms with Gasteiger partial charge in [0.05, 0.1) is 38.2 Å². The van der Waals surface area contributed by atoms with Crippen molar-refractivity contribution in [3.05, 3.63) is 83.1 Å². The lowest BCUT2D eigenvalue weighted by molar-refractivity contribution is -0.380. The first-order chi connectivity index (χ1) is 14.1. The Morgan fingerprint density at radius 3 is 2.62 bits per heavy atom. The lowest BCUT2D eigenvalue weighted by Crippen LogP contribution is -1.94. The molecule has 3 heterocycles. The van der Waals surface area contributed by atoms with Gasteiger partial charge in [-0.15, -0.1) is 11.3 Å². The standard InChI is InChI=1S/C20H11FN4O2S2/c21-13-3-6-15-18(9-13)29-20(23-15)12-1-4-14(5-2-12)24-11-22-10-16(24)17-7-8-19(28-17)25(26)27/h1-11H. The van der Waals surface area contributed by atoms with Crippen LogP contribution in [0.25, 0.3) is 37.0 Å². The smallest absolute Gasteiger partial charge is 0.298 e. The molecule has 3 aromatic heterocycles. The quantitative estimate of drug-likeness (QED) is 0.266. The monoisotopic (exact) mass is 422 g/mol.